The molecular weight excluding hydrogens is 374 g/mol. The molecule has 1 amide bonds. The van der Waals surface area contributed by atoms with E-state index in [1.165, 1.54) is 19.4 Å². The molecule has 7 heteroatoms. The predicted octanol–water partition coefficient (Wildman–Crippen LogP) is 3.76. The first-order chi connectivity index (χ1) is 13.5. The average Bonchev–Trinajstić information content (AvgIpc) is 3.07. The van der Waals surface area contributed by atoms with Crippen LogP contribution >= 0.6 is 11.6 Å². The van der Waals surface area contributed by atoms with Crippen molar-refractivity contribution in [3.63, 3.8) is 0 Å². The number of aryl methyl sites for hydroxylation is 1. The zero-order valence-corrected chi connectivity index (χ0v) is 17.8. The second-order valence-corrected chi connectivity index (χ2v) is 8.17. The van der Waals surface area contributed by atoms with Crippen LogP contribution in [0.1, 0.15) is 62.1 Å². The summed E-state index contributed by atoms with van der Waals surface area (Å²) >= 11 is 6.19. The van der Waals surface area contributed by atoms with Gasteiger partial charge in [0.15, 0.2) is 0 Å². The number of unbranched alkanes of at least 4 members (excludes halogenated alkanes) is 1. The van der Waals surface area contributed by atoms with Crippen molar-refractivity contribution < 1.29 is 4.79 Å². The van der Waals surface area contributed by atoms with E-state index in [-0.39, 0.29) is 5.91 Å². The lowest BCUT2D eigenvalue weighted by atomic mass is 9.96. The van der Waals surface area contributed by atoms with Gasteiger partial charge in [0, 0.05) is 6.54 Å². The van der Waals surface area contributed by atoms with Gasteiger partial charge in [0.2, 0.25) is 0 Å². The summed E-state index contributed by atoms with van der Waals surface area (Å²) in [5.74, 6) is 0.776. The van der Waals surface area contributed by atoms with E-state index < -0.39 is 0 Å². The van der Waals surface area contributed by atoms with Crippen LogP contribution in [0.25, 0.3) is 5.65 Å². The number of nitrogens with one attached hydrogen (secondary N) is 1. The van der Waals surface area contributed by atoms with Gasteiger partial charge in [0.25, 0.3) is 5.91 Å². The van der Waals surface area contributed by atoms with Gasteiger partial charge in [-0.2, -0.15) is 0 Å². The maximum atomic E-state index is 13.0. The fourth-order valence-corrected chi connectivity index (χ4v) is 4.09. The zero-order chi connectivity index (χ0) is 20.1. The highest BCUT2D eigenvalue weighted by atomic mass is 35.5. The topological polar surface area (TPSA) is 75.7 Å². The van der Waals surface area contributed by atoms with Crippen LogP contribution < -0.4 is 11.1 Å². The van der Waals surface area contributed by atoms with Crippen molar-refractivity contribution in [2.75, 3.05) is 31.9 Å². The molecule has 28 heavy (non-hydrogen) atoms. The molecule has 2 aromatic rings. The molecule has 0 unspecified atom stereocenters. The van der Waals surface area contributed by atoms with Gasteiger partial charge in [-0.1, -0.05) is 38.3 Å². The summed E-state index contributed by atoms with van der Waals surface area (Å²) in [5.41, 5.74) is 8.14. The van der Waals surface area contributed by atoms with Crippen molar-refractivity contribution in [3.05, 3.63) is 28.5 Å². The Morgan fingerprint density at radius 3 is 2.71 bits per heavy atom. The van der Waals surface area contributed by atoms with E-state index in [1.54, 1.807) is 16.5 Å². The molecule has 1 aliphatic rings. The van der Waals surface area contributed by atoms with Crippen molar-refractivity contribution in [1.29, 1.82) is 0 Å². The van der Waals surface area contributed by atoms with Crippen molar-refractivity contribution in [3.8, 4) is 0 Å². The Morgan fingerprint density at radius 1 is 1.29 bits per heavy atom. The van der Waals surface area contributed by atoms with Crippen molar-refractivity contribution >= 4 is 29.0 Å². The highest BCUT2D eigenvalue weighted by Crippen LogP contribution is 2.25. The number of nitrogen functional groups attached to an aromatic ring is 1. The summed E-state index contributed by atoms with van der Waals surface area (Å²) in [6.07, 6.45) is 6.41. The fourth-order valence-electron chi connectivity index (χ4n) is 3.94. The number of carbonyl (C=O) groups excluding carboxylic acids is 1. The quantitative estimate of drug-likeness (QED) is 0.701. The average molecular weight is 406 g/mol. The number of fused-ring (bicyclic) bond motifs is 1. The number of nitrogens with two attached hydrogens (primary N) is 1. The van der Waals surface area contributed by atoms with Gasteiger partial charge in [0.1, 0.15) is 17.2 Å². The van der Waals surface area contributed by atoms with Gasteiger partial charge < -0.3 is 16.0 Å². The molecule has 0 radical (unpaired) electrons. The number of halogens is 1. The number of imidazole rings is 1. The third-order valence-corrected chi connectivity index (χ3v) is 5.95. The molecular formula is C21H32ClN5O. The molecule has 0 bridgehead atoms. The number of pyridine rings is 1. The summed E-state index contributed by atoms with van der Waals surface area (Å²) in [6, 6.07) is 3.53. The minimum absolute atomic E-state index is 0.113. The van der Waals surface area contributed by atoms with E-state index in [4.69, 9.17) is 17.3 Å². The Bertz CT molecular complexity index is 811. The molecule has 0 aliphatic carbocycles. The summed E-state index contributed by atoms with van der Waals surface area (Å²) in [5, 5.41) is 3.57. The minimum Gasteiger partial charge on any atom is -0.384 e. The van der Waals surface area contributed by atoms with E-state index in [9.17, 15) is 4.79 Å². The van der Waals surface area contributed by atoms with Crippen LogP contribution in [0.2, 0.25) is 5.02 Å². The van der Waals surface area contributed by atoms with Crippen molar-refractivity contribution in [1.82, 2.24) is 19.6 Å². The Labute approximate surface area is 172 Å². The van der Waals surface area contributed by atoms with Crippen LogP contribution in [0.4, 0.5) is 5.82 Å². The summed E-state index contributed by atoms with van der Waals surface area (Å²) in [4.78, 5) is 20.2. The first-order valence-corrected chi connectivity index (χ1v) is 10.9. The highest BCUT2D eigenvalue weighted by molar-refractivity contribution is 6.32. The third-order valence-electron chi connectivity index (χ3n) is 5.63. The number of amides is 1. The van der Waals surface area contributed by atoms with Crippen molar-refractivity contribution in [2.24, 2.45) is 5.92 Å². The molecule has 1 aliphatic heterocycles. The monoisotopic (exact) mass is 405 g/mol. The van der Waals surface area contributed by atoms with Gasteiger partial charge in [-0.25, -0.2) is 4.98 Å². The largest absolute Gasteiger partial charge is 0.384 e. The number of rotatable bonds is 8. The van der Waals surface area contributed by atoms with Crippen molar-refractivity contribution in [2.45, 2.75) is 52.4 Å². The van der Waals surface area contributed by atoms with Gasteiger partial charge in [-0.3, -0.25) is 9.20 Å². The van der Waals surface area contributed by atoms with E-state index in [0.717, 1.165) is 44.5 Å². The van der Waals surface area contributed by atoms with Crippen LogP contribution in [0.3, 0.4) is 0 Å². The Morgan fingerprint density at radius 2 is 2.04 bits per heavy atom. The summed E-state index contributed by atoms with van der Waals surface area (Å²) < 4.78 is 1.69. The van der Waals surface area contributed by atoms with Crippen LogP contribution in [0, 0.1) is 5.92 Å². The van der Waals surface area contributed by atoms with Gasteiger partial charge in [-0.15, -0.1) is 0 Å². The molecule has 0 aromatic carbocycles. The lowest BCUT2D eigenvalue weighted by Gasteiger charge is -2.31. The lowest BCUT2D eigenvalue weighted by Crippen LogP contribution is -2.39. The second-order valence-electron chi connectivity index (χ2n) is 7.77. The van der Waals surface area contributed by atoms with E-state index in [1.807, 2.05) is 0 Å². The third kappa shape index (κ3) is 4.61. The Hall–Kier alpha value is -1.79. The predicted molar refractivity (Wildman–Crippen MR) is 115 cm³/mol. The molecule has 1 saturated heterocycles. The summed E-state index contributed by atoms with van der Waals surface area (Å²) in [6.45, 7) is 8.45. The van der Waals surface area contributed by atoms with Crippen LogP contribution in [0.15, 0.2) is 12.1 Å². The number of carbonyl (C=O) groups is 1. The molecule has 154 valence electrons. The van der Waals surface area contributed by atoms with Crippen LogP contribution in [-0.4, -0.2) is 46.4 Å². The molecule has 3 N–H and O–H groups in total. The first-order valence-electron chi connectivity index (χ1n) is 10.5. The molecule has 2 aromatic heterocycles. The van der Waals surface area contributed by atoms with E-state index >= 15 is 0 Å². The zero-order valence-electron chi connectivity index (χ0n) is 17.0. The number of anilines is 1. The molecule has 3 rings (SSSR count). The van der Waals surface area contributed by atoms with Crippen LogP contribution in [0.5, 0.6) is 0 Å². The first kappa shape index (κ1) is 20.9. The second kappa shape index (κ2) is 9.61. The number of piperidine rings is 1. The Balaban J connectivity index is 1.68. The van der Waals surface area contributed by atoms with Gasteiger partial charge in [-0.05, 0) is 63.4 Å². The smallest absolute Gasteiger partial charge is 0.270 e. The normalized spacial score (nSPS) is 16.0. The number of likely N-dealkylation sites (tertiary alicyclic amines) is 1. The number of hydrogen-bond acceptors (Lipinski definition) is 4. The van der Waals surface area contributed by atoms with E-state index in [0.29, 0.717) is 34.6 Å². The number of hydrogen-bond donors (Lipinski definition) is 2. The molecule has 3 heterocycles. The SMILES string of the molecule is CCCCN1CCC(CNC(=O)c2c(CCC)nc3ccc(Cl)c(N)n23)CC1. The number of aromatic nitrogens is 2. The fraction of sp³-hybridized carbons (Fsp3) is 0.619. The molecule has 0 saturated carbocycles. The standard InChI is InChI=1S/C21H32ClN5O/c1-3-5-11-26-12-9-15(10-13-26)14-24-21(28)19-17(6-4-2)25-18-8-7-16(22)20(23)27(18)19/h7-8,15H,3-6,9-14,23H2,1-2H3,(H,24,28). The van der Waals surface area contributed by atoms with Gasteiger partial charge in [0.05, 0.1) is 10.7 Å². The van der Waals surface area contributed by atoms with E-state index in [2.05, 4.69) is 29.0 Å². The summed E-state index contributed by atoms with van der Waals surface area (Å²) in [7, 11) is 0. The molecule has 1 fully saturated rings. The maximum Gasteiger partial charge on any atom is 0.270 e. The molecule has 0 atom stereocenters. The van der Waals surface area contributed by atoms with Gasteiger partial charge >= 0.3 is 0 Å². The van der Waals surface area contributed by atoms with Crippen LogP contribution in [-0.2, 0) is 6.42 Å². The number of nitrogens with zero attached hydrogens (tertiary/aromatic N) is 3. The minimum atomic E-state index is -0.113. The molecule has 0 spiro atoms. The maximum absolute atomic E-state index is 13.0. The Kier molecular flexibility index (Phi) is 7.18. The molecule has 6 nitrogen and oxygen atoms in total. The lowest BCUT2D eigenvalue weighted by molar-refractivity contribution is 0.0929. The highest BCUT2D eigenvalue weighted by Gasteiger charge is 2.23.